The van der Waals surface area contributed by atoms with Crippen LogP contribution in [0.5, 0.6) is 11.5 Å². The van der Waals surface area contributed by atoms with Crippen LogP contribution in [0.15, 0.2) is 77.9 Å². The van der Waals surface area contributed by atoms with E-state index in [4.69, 9.17) is 21.1 Å². The minimum atomic E-state index is -0.492. The first-order valence-corrected chi connectivity index (χ1v) is 11.7. The molecule has 0 aliphatic heterocycles. The van der Waals surface area contributed by atoms with Crippen LogP contribution in [0.4, 0.5) is 0 Å². The number of carbonyl (C=O) groups is 3. The van der Waals surface area contributed by atoms with Crippen LogP contribution in [-0.2, 0) is 4.79 Å². The molecule has 3 rings (SSSR count). The fourth-order valence-corrected chi connectivity index (χ4v) is 3.34. The second kappa shape index (κ2) is 13.7. The van der Waals surface area contributed by atoms with Crippen molar-refractivity contribution in [3.8, 4) is 11.5 Å². The Hall–Kier alpha value is -4.17. The molecule has 0 fully saturated rings. The van der Waals surface area contributed by atoms with Gasteiger partial charge in [0.15, 0.2) is 11.5 Å². The van der Waals surface area contributed by atoms with Gasteiger partial charge in [0.1, 0.15) is 0 Å². The lowest BCUT2D eigenvalue weighted by atomic mass is 10.2. The normalized spacial score (nSPS) is 10.6. The van der Waals surface area contributed by atoms with Gasteiger partial charge in [-0.15, -0.1) is 0 Å². The molecule has 9 heteroatoms. The lowest BCUT2D eigenvalue weighted by Gasteiger charge is -2.11. The zero-order valence-electron chi connectivity index (χ0n) is 19.7. The Balaban J connectivity index is 1.47. The summed E-state index contributed by atoms with van der Waals surface area (Å²) < 4.78 is 11.1. The first kappa shape index (κ1) is 26.4. The van der Waals surface area contributed by atoms with E-state index in [2.05, 4.69) is 15.8 Å². The second-order valence-corrected chi connectivity index (χ2v) is 7.93. The van der Waals surface area contributed by atoms with E-state index < -0.39 is 5.97 Å². The van der Waals surface area contributed by atoms with Crippen LogP contribution in [0.1, 0.15) is 46.0 Å². The van der Waals surface area contributed by atoms with E-state index in [1.165, 1.54) is 6.21 Å². The summed E-state index contributed by atoms with van der Waals surface area (Å²) in [6.07, 6.45) is 2.08. The lowest BCUT2D eigenvalue weighted by Crippen LogP contribution is -2.26. The largest absolute Gasteiger partial charge is 0.490 e. The summed E-state index contributed by atoms with van der Waals surface area (Å²) in [5, 5.41) is 7.07. The molecule has 0 unspecified atom stereocenters. The third-order valence-corrected chi connectivity index (χ3v) is 5.20. The number of halogens is 1. The summed E-state index contributed by atoms with van der Waals surface area (Å²) in [4.78, 5) is 36.5. The van der Waals surface area contributed by atoms with Crippen LogP contribution in [0.2, 0.25) is 5.02 Å². The molecule has 0 aliphatic carbocycles. The molecule has 0 aromatic heterocycles. The maximum atomic E-state index is 12.4. The van der Waals surface area contributed by atoms with Crippen molar-refractivity contribution in [1.29, 1.82) is 0 Å². The Morgan fingerprint density at radius 2 is 1.72 bits per heavy atom. The van der Waals surface area contributed by atoms with Crippen LogP contribution in [0, 0.1) is 0 Å². The minimum absolute atomic E-state index is 0.179. The molecular weight excluding hydrogens is 482 g/mol. The van der Waals surface area contributed by atoms with Crippen LogP contribution in [0.3, 0.4) is 0 Å². The number of rotatable bonds is 11. The first-order valence-electron chi connectivity index (χ1n) is 11.4. The topological polar surface area (TPSA) is 106 Å². The van der Waals surface area contributed by atoms with Crippen molar-refractivity contribution < 1.29 is 23.9 Å². The molecule has 2 N–H and O–H groups in total. The Morgan fingerprint density at radius 3 is 2.47 bits per heavy atom. The summed E-state index contributed by atoms with van der Waals surface area (Å²) in [6, 6.07) is 20.4. The summed E-state index contributed by atoms with van der Waals surface area (Å²) in [5.41, 5.74) is 3.91. The summed E-state index contributed by atoms with van der Waals surface area (Å²) in [5.74, 6) is -0.413. The summed E-state index contributed by atoms with van der Waals surface area (Å²) in [6.45, 7) is 2.52. The number of nitrogens with zero attached hydrogens (tertiary/aromatic N) is 1. The van der Waals surface area contributed by atoms with Gasteiger partial charge in [-0.1, -0.05) is 41.9 Å². The van der Waals surface area contributed by atoms with Crippen LogP contribution in [0.25, 0.3) is 0 Å². The van der Waals surface area contributed by atoms with E-state index in [1.54, 1.807) is 66.7 Å². The number of esters is 1. The zero-order valence-corrected chi connectivity index (χ0v) is 20.5. The molecule has 36 heavy (non-hydrogen) atoms. The molecule has 0 saturated heterocycles. The van der Waals surface area contributed by atoms with Crippen LogP contribution >= 0.6 is 11.6 Å². The van der Waals surface area contributed by atoms with E-state index >= 15 is 0 Å². The van der Waals surface area contributed by atoms with Crippen LogP contribution < -0.4 is 20.2 Å². The maximum Gasteiger partial charge on any atom is 0.343 e. The summed E-state index contributed by atoms with van der Waals surface area (Å²) >= 11 is 6.00. The fourth-order valence-electron chi connectivity index (χ4n) is 3.12. The van der Waals surface area contributed by atoms with Crippen LogP contribution in [-0.4, -0.2) is 37.1 Å². The van der Waals surface area contributed by atoms with Gasteiger partial charge in [-0.05, 0) is 61.4 Å². The molecule has 0 radical (unpaired) electrons. The number of benzene rings is 3. The smallest absolute Gasteiger partial charge is 0.343 e. The highest BCUT2D eigenvalue weighted by atomic mass is 35.5. The van der Waals surface area contributed by atoms with Gasteiger partial charge >= 0.3 is 5.97 Å². The van der Waals surface area contributed by atoms with Gasteiger partial charge in [0.2, 0.25) is 5.91 Å². The molecule has 3 aromatic rings. The van der Waals surface area contributed by atoms with Gasteiger partial charge in [0.25, 0.3) is 5.91 Å². The molecule has 0 atom stereocenters. The van der Waals surface area contributed by atoms with Gasteiger partial charge in [0, 0.05) is 13.0 Å². The van der Waals surface area contributed by atoms with E-state index in [1.807, 2.05) is 13.0 Å². The molecule has 3 aromatic carbocycles. The van der Waals surface area contributed by atoms with Crippen molar-refractivity contribution in [2.45, 2.75) is 19.8 Å². The lowest BCUT2D eigenvalue weighted by molar-refractivity contribution is -0.121. The van der Waals surface area contributed by atoms with Gasteiger partial charge in [-0.2, -0.15) is 5.10 Å². The first-order chi connectivity index (χ1) is 17.5. The van der Waals surface area contributed by atoms with Crippen molar-refractivity contribution in [2.24, 2.45) is 5.10 Å². The molecule has 0 heterocycles. The third-order valence-electron chi connectivity index (χ3n) is 4.87. The van der Waals surface area contributed by atoms with E-state index in [-0.39, 0.29) is 24.0 Å². The van der Waals surface area contributed by atoms with Crippen molar-refractivity contribution in [3.05, 3.63) is 94.5 Å². The Bertz CT molecular complexity index is 1230. The van der Waals surface area contributed by atoms with E-state index in [0.29, 0.717) is 47.0 Å². The molecule has 0 bridgehead atoms. The van der Waals surface area contributed by atoms with E-state index in [0.717, 1.165) is 0 Å². The van der Waals surface area contributed by atoms with Gasteiger partial charge in [-0.25, -0.2) is 10.2 Å². The number of nitrogens with one attached hydrogen (secondary N) is 2. The second-order valence-electron chi connectivity index (χ2n) is 7.53. The number of hydrogen-bond donors (Lipinski definition) is 2. The van der Waals surface area contributed by atoms with Gasteiger partial charge in [0.05, 0.1) is 29.0 Å². The third kappa shape index (κ3) is 7.95. The standard InChI is InChI=1S/C27H26ClN3O5/c1-2-35-24-17-19(14-15-23(24)36-27(34)20-9-4-3-5-10-20)18-30-31-25(32)13-8-16-29-26(33)21-11-6-7-12-22(21)28/h3-7,9-12,14-15,17-18H,2,8,13,16H2,1H3,(H,29,33)(H,31,32)/b30-18+. The highest BCUT2D eigenvalue weighted by Crippen LogP contribution is 2.29. The zero-order chi connectivity index (χ0) is 25.8. The maximum absolute atomic E-state index is 12.4. The number of hydrogen-bond acceptors (Lipinski definition) is 6. The predicted octanol–water partition coefficient (Wildman–Crippen LogP) is 4.62. The van der Waals surface area contributed by atoms with Crippen molar-refractivity contribution in [2.75, 3.05) is 13.2 Å². The average Bonchev–Trinajstić information content (AvgIpc) is 2.89. The molecule has 0 aliphatic rings. The molecule has 8 nitrogen and oxygen atoms in total. The Morgan fingerprint density at radius 1 is 0.972 bits per heavy atom. The SMILES string of the molecule is CCOc1cc(/C=N/NC(=O)CCCNC(=O)c2ccccc2Cl)ccc1OC(=O)c1ccccc1. The predicted molar refractivity (Wildman–Crippen MR) is 138 cm³/mol. The Labute approximate surface area is 214 Å². The molecule has 0 saturated carbocycles. The summed E-state index contributed by atoms with van der Waals surface area (Å²) in [7, 11) is 0. The minimum Gasteiger partial charge on any atom is -0.490 e. The van der Waals surface area contributed by atoms with Crippen molar-refractivity contribution >= 4 is 35.6 Å². The number of hydrazone groups is 1. The highest BCUT2D eigenvalue weighted by molar-refractivity contribution is 6.33. The number of ether oxygens (including phenoxy) is 2. The fraction of sp³-hybridized carbons (Fsp3) is 0.185. The Kier molecular flexibility index (Phi) is 10.0. The van der Waals surface area contributed by atoms with Crippen molar-refractivity contribution in [1.82, 2.24) is 10.7 Å². The highest BCUT2D eigenvalue weighted by Gasteiger charge is 2.13. The van der Waals surface area contributed by atoms with Crippen molar-refractivity contribution in [3.63, 3.8) is 0 Å². The number of carbonyl (C=O) groups excluding carboxylic acids is 3. The van der Waals surface area contributed by atoms with E-state index in [9.17, 15) is 14.4 Å². The molecular formula is C27H26ClN3O5. The van der Waals surface area contributed by atoms with Gasteiger partial charge < -0.3 is 14.8 Å². The quantitative estimate of drug-likeness (QED) is 0.129. The molecule has 186 valence electrons. The molecule has 2 amide bonds. The van der Waals surface area contributed by atoms with Gasteiger partial charge in [-0.3, -0.25) is 9.59 Å². The molecule has 0 spiro atoms. The number of amides is 2. The monoisotopic (exact) mass is 507 g/mol. The average molecular weight is 508 g/mol.